The van der Waals surface area contributed by atoms with Crippen LogP contribution in [0.25, 0.3) is 5.69 Å². The summed E-state index contributed by atoms with van der Waals surface area (Å²) in [6, 6.07) is 1.63. The van der Waals surface area contributed by atoms with Crippen LogP contribution >= 0.6 is 0 Å². The van der Waals surface area contributed by atoms with E-state index in [0.29, 0.717) is 5.69 Å². The molecule has 0 amide bonds. The highest BCUT2D eigenvalue weighted by Gasteiger charge is 2.10. The largest absolute Gasteiger partial charge is 0.478 e. The minimum atomic E-state index is -0.998. The van der Waals surface area contributed by atoms with Crippen LogP contribution in [0, 0.1) is 0 Å². The van der Waals surface area contributed by atoms with Gasteiger partial charge < -0.3 is 9.67 Å². The highest BCUT2D eigenvalue weighted by atomic mass is 16.4. The molecule has 0 saturated carbocycles. The minimum Gasteiger partial charge on any atom is -0.478 e. The number of hydrogen-bond donors (Lipinski definition) is 1. The van der Waals surface area contributed by atoms with Gasteiger partial charge in [0.05, 0.1) is 12.0 Å². The highest BCUT2D eigenvalue weighted by Crippen LogP contribution is 2.11. The van der Waals surface area contributed by atoms with Crippen molar-refractivity contribution in [3.05, 3.63) is 42.7 Å². The van der Waals surface area contributed by atoms with Gasteiger partial charge in [0.1, 0.15) is 5.56 Å². The first-order valence-electron chi connectivity index (χ1n) is 3.94. The fraction of sp³-hybridized carbons (Fsp3) is 0. The molecule has 0 spiro atoms. The molecule has 0 aliphatic carbocycles. The van der Waals surface area contributed by atoms with Gasteiger partial charge in [-0.25, -0.2) is 9.78 Å². The molecule has 14 heavy (non-hydrogen) atoms. The summed E-state index contributed by atoms with van der Waals surface area (Å²) in [6.45, 7) is 0. The topological polar surface area (TPSA) is 68.0 Å². The molecule has 0 aliphatic rings. The average Bonchev–Trinajstić information content (AvgIpc) is 2.70. The fourth-order valence-electron chi connectivity index (χ4n) is 1.18. The van der Waals surface area contributed by atoms with E-state index in [-0.39, 0.29) is 5.56 Å². The molecule has 2 aromatic rings. The average molecular weight is 189 g/mol. The normalized spacial score (nSPS) is 10.0. The Labute approximate surface area is 79.7 Å². The zero-order valence-corrected chi connectivity index (χ0v) is 7.16. The molecule has 0 saturated heterocycles. The highest BCUT2D eigenvalue weighted by molar-refractivity contribution is 5.91. The van der Waals surface area contributed by atoms with Crippen LogP contribution in [-0.2, 0) is 0 Å². The summed E-state index contributed by atoms with van der Waals surface area (Å²) in [6.07, 6.45) is 7.68. The number of aromatic carboxylic acids is 1. The first kappa shape index (κ1) is 8.43. The summed E-state index contributed by atoms with van der Waals surface area (Å²) in [4.78, 5) is 18.5. The molecular weight excluding hydrogens is 182 g/mol. The van der Waals surface area contributed by atoms with Crippen molar-refractivity contribution in [2.75, 3.05) is 0 Å². The van der Waals surface area contributed by atoms with Gasteiger partial charge in [0.25, 0.3) is 0 Å². The zero-order chi connectivity index (χ0) is 9.97. The molecule has 5 nitrogen and oxygen atoms in total. The minimum absolute atomic E-state index is 0.158. The zero-order valence-electron chi connectivity index (χ0n) is 7.16. The summed E-state index contributed by atoms with van der Waals surface area (Å²) in [5, 5.41) is 8.89. The summed E-state index contributed by atoms with van der Waals surface area (Å²) >= 11 is 0. The van der Waals surface area contributed by atoms with Crippen LogP contribution in [-0.4, -0.2) is 25.6 Å². The Kier molecular flexibility index (Phi) is 1.98. The standard InChI is InChI=1S/C9H7N3O2/c13-9(14)7-5-10-2-1-8(7)12-4-3-11-6-12/h1-6H,(H,13,14). The van der Waals surface area contributed by atoms with Crippen molar-refractivity contribution in [2.24, 2.45) is 0 Å². The van der Waals surface area contributed by atoms with Crippen LogP contribution in [0.5, 0.6) is 0 Å². The van der Waals surface area contributed by atoms with E-state index in [0.717, 1.165) is 0 Å². The predicted molar refractivity (Wildman–Crippen MR) is 48.3 cm³/mol. The van der Waals surface area contributed by atoms with E-state index in [1.807, 2.05) is 0 Å². The Morgan fingerprint density at radius 2 is 2.21 bits per heavy atom. The molecule has 2 heterocycles. The van der Waals surface area contributed by atoms with Crippen LogP contribution in [0.2, 0.25) is 0 Å². The van der Waals surface area contributed by atoms with E-state index < -0.39 is 5.97 Å². The molecule has 0 aromatic carbocycles. The molecule has 2 aromatic heterocycles. The third-order valence-electron chi connectivity index (χ3n) is 1.81. The maximum atomic E-state index is 10.8. The molecule has 5 heteroatoms. The lowest BCUT2D eigenvalue weighted by molar-refractivity contribution is 0.0696. The van der Waals surface area contributed by atoms with Gasteiger partial charge >= 0.3 is 5.97 Å². The summed E-state index contributed by atoms with van der Waals surface area (Å²) < 4.78 is 1.63. The van der Waals surface area contributed by atoms with Crippen molar-refractivity contribution in [1.82, 2.24) is 14.5 Å². The first-order chi connectivity index (χ1) is 6.79. The number of rotatable bonds is 2. The third kappa shape index (κ3) is 1.35. The fourth-order valence-corrected chi connectivity index (χ4v) is 1.18. The Hall–Kier alpha value is -2.17. The molecule has 0 radical (unpaired) electrons. The number of aromatic nitrogens is 3. The first-order valence-corrected chi connectivity index (χ1v) is 3.94. The number of carboxylic acids is 1. The molecule has 2 rings (SSSR count). The van der Waals surface area contributed by atoms with Crippen LogP contribution in [0.1, 0.15) is 10.4 Å². The summed E-state index contributed by atoms with van der Waals surface area (Å²) in [5.41, 5.74) is 0.718. The van der Waals surface area contributed by atoms with Gasteiger partial charge in [-0.15, -0.1) is 0 Å². The molecule has 0 aliphatic heterocycles. The van der Waals surface area contributed by atoms with Crippen LogP contribution in [0.4, 0.5) is 0 Å². The van der Waals surface area contributed by atoms with Crippen molar-refractivity contribution in [3.8, 4) is 5.69 Å². The van der Waals surface area contributed by atoms with E-state index in [9.17, 15) is 4.79 Å². The van der Waals surface area contributed by atoms with Crippen molar-refractivity contribution in [3.63, 3.8) is 0 Å². The second kappa shape index (κ2) is 3.29. The molecule has 0 fully saturated rings. The van der Waals surface area contributed by atoms with E-state index in [1.165, 1.54) is 6.20 Å². The van der Waals surface area contributed by atoms with E-state index >= 15 is 0 Å². The van der Waals surface area contributed by atoms with Crippen LogP contribution in [0.15, 0.2) is 37.2 Å². The molecule has 0 bridgehead atoms. The van der Waals surface area contributed by atoms with Crippen molar-refractivity contribution < 1.29 is 9.90 Å². The smallest absolute Gasteiger partial charge is 0.339 e. The Bertz CT molecular complexity index is 451. The molecule has 0 atom stereocenters. The molecule has 70 valence electrons. The van der Waals surface area contributed by atoms with Crippen LogP contribution in [0.3, 0.4) is 0 Å². The van der Waals surface area contributed by atoms with E-state index in [2.05, 4.69) is 9.97 Å². The quantitative estimate of drug-likeness (QED) is 0.764. The lowest BCUT2D eigenvalue weighted by Crippen LogP contribution is -2.04. The maximum Gasteiger partial charge on any atom is 0.339 e. The predicted octanol–water partition coefficient (Wildman–Crippen LogP) is 0.965. The molecule has 0 unspecified atom stereocenters. The summed E-state index contributed by atoms with van der Waals surface area (Å²) in [5.74, 6) is -0.998. The Morgan fingerprint density at radius 1 is 1.36 bits per heavy atom. The second-order valence-electron chi connectivity index (χ2n) is 2.67. The van der Waals surface area contributed by atoms with Gasteiger partial charge in [-0.1, -0.05) is 0 Å². The van der Waals surface area contributed by atoms with Crippen LogP contribution < -0.4 is 0 Å². The Balaban J connectivity index is 2.58. The lowest BCUT2D eigenvalue weighted by atomic mass is 10.2. The van der Waals surface area contributed by atoms with E-state index in [1.54, 1.807) is 35.6 Å². The SMILES string of the molecule is O=C(O)c1cnccc1-n1ccnc1. The molecule has 1 N–H and O–H groups in total. The molecular formula is C9H7N3O2. The van der Waals surface area contributed by atoms with Crippen molar-refractivity contribution in [2.45, 2.75) is 0 Å². The number of hydrogen-bond acceptors (Lipinski definition) is 3. The van der Waals surface area contributed by atoms with Gasteiger partial charge in [0, 0.05) is 24.8 Å². The van der Waals surface area contributed by atoms with Crippen molar-refractivity contribution >= 4 is 5.97 Å². The number of carboxylic acid groups (broad SMARTS) is 1. The van der Waals surface area contributed by atoms with Gasteiger partial charge in [-0.3, -0.25) is 4.98 Å². The number of nitrogens with zero attached hydrogens (tertiary/aromatic N) is 3. The van der Waals surface area contributed by atoms with Gasteiger partial charge in [-0.2, -0.15) is 0 Å². The van der Waals surface area contributed by atoms with Crippen molar-refractivity contribution in [1.29, 1.82) is 0 Å². The van der Waals surface area contributed by atoms with Gasteiger partial charge in [-0.05, 0) is 6.07 Å². The van der Waals surface area contributed by atoms with Gasteiger partial charge in [0.15, 0.2) is 0 Å². The Morgan fingerprint density at radius 3 is 2.86 bits per heavy atom. The second-order valence-corrected chi connectivity index (χ2v) is 2.67. The van der Waals surface area contributed by atoms with E-state index in [4.69, 9.17) is 5.11 Å². The van der Waals surface area contributed by atoms with Gasteiger partial charge in [0.2, 0.25) is 0 Å². The maximum absolute atomic E-state index is 10.8. The number of pyridine rings is 1. The number of carbonyl (C=O) groups is 1. The monoisotopic (exact) mass is 189 g/mol. The summed E-state index contributed by atoms with van der Waals surface area (Å²) in [7, 11) is 0. The lowest BCUT2D eigenvalue weighted by Gasteiger charge is -2.04. The number of imidazole rings is 1. The third-order valence-corrected chi connectivity index (χ3v) is 1.81.